The summed E-state index contributed by atoms with van der Waals surface area (Å²) >= 11 is 0. The van der Waals surface area contributed by atoms with Gasteiger partial charge in [0.1, 0.15) is 5.82 Å². The van der Waals surface area contributed by atoms with Crippen molar-refractivity contribution in [1.29, 1.82) is 0 Å². The monoisotopic (exact) mass is 337 g/mol. The van der Waals surface area contributed by atoms with Crippen LogP contribution in [-0.2, 0) is 6.42 Å². The molecule has 0 unspecified atom stereocenters. The van der Waals surface area contributed by atoms with E-state index >= 15 is 0 Å². The summed E-state index contributed by atoms with van der Waals surface area (Å²) in [7, 11) is 3.20. The zero-order valence-corrected chi connectivity index (χ0v) is 14.1. The number of hydrogen-bond donors (Lipinski definition) is 2. The Kier molecular flexibility index (Phi) is 4.65. The van der Waals surface area contributed by atoms with Crippen LogP contribution in [0.4, 0.5) is 5.82 Å². The van der Waals surface area contributed by atoms with Crippen LogP contribution in [0.25, 0.3) is 10.9 Å². The lowest BCUT2D eigenvalue weighted by atomic mass is 10.1. The molecule has 4 N–H and O–H groups in total. The van der Waals surface area contributed by atoms with E-state index in [2.05, 4.69) is 15.0 Å². The summed E-state index contributed by atoms with van der Waals surface area (Å²) in [6, 6.07) is 13.3. The van der Waals surface area contributed by atoms with Crippen LogP contribution in [0.3, 0.4) is 0 Å². The molecular formula is C18H19N5O2. The fourth-order valence-electron chi connectivity index (χ4n) is 2.57. The highest BCUT2D eigenvalue weighted by molar-refractivity contribution is 5.91. The highest BCUT2D eigenvalue weighted by Gasteiger charge is 2.10. The fourth-order valence-corrected chi connectivity index (χ4v) is 2.57. The number of nitrogens with zero attached hydrogens (tertiary/aromatic N) is 3. The first-order valence-electron chi connectivity index (χ1n) is 7.67. The number of rotatable bonds is 5. The molecule has 25 heavy (non-hydrogen) atoms. The molecule has 128 valence electrons. The Bertz CT molecular complexity index is 936. The molecule has 3 aromatic rings. The summed E-state index contributed by atoms with van der Waals surface area (Å²) in [5.41, 5.74) is 12.8. The highest BCUT2D eigenvalue weighted by Crippen LogP contribution is 2.29. The van der Waals surface area contributed by atoms with Gasteiger partial charge >= 0.3 is 0 Å². The third-order valence-electron chi connectivity index (χ3n) is 3.67. The Morgan fingerprint density at radius 1 is 1.00 bits per heavy atom. The van der Waals surface area contributed by atoms with Gasteiger partial charge in [-0.1, -0.05) is 18.2 Å². The number of hydrogen-bond acceptors (Lipinski definition) is 5. The van der Waals surface area contributed by atoms with E-state index in [1.807, 2.05) is 42.5 Å². The van der Waals surface area contributed by atoms with E-state index in [9.17, 15) is 0 Å². The topological polar surface area (TPSA) is 109 Å². The van der Waals surface area contributed by atoms with Gasteiger partial charge in [0.15, 0.2) is 23.3 Å². The second-order valence-electron chi connectivity index (χ2n) is 5.38. The number of methoxy groups -OCH3 is 2. The Morgan fingerprint density at radius 2 is 1.76 bits per heavy atom. The highest BCUT2D eigenvalue weighted by atomic mass is 16.5. The van der Waals surface area contributed by atoms with Crippen molar-refractivity contribution in [1.82, 2.24) is 9.97 Å². The molecule has 0 aliphatic rings. The first-order chi connectivity index (χ1) is 12.1. The third kappa shape index (κ3) is 3.60. The first kappa shape index (κ1) is 16.5. The zero-order chi connectivity index (χ0) is 17.8. The van der Waals surface area contributed by atoms with E-state index in [-0.39, 0.29) is 5.96 Å². The lowest BCUT2D eigenvalue weighted by molar-refractivity contribution is 0.354. The van der Waals surface area contributed by atoms with E-state index in [1.54, 1.807) is 14.2 Å². The third-order valence-corrected chi connectivity index (χ3v) is 3.67. The molecule has 0 bridgehead atoms. The van der Waals surface area contributed by atoms with Gasteiger partial charge in [0, 0.05) is 11.8 Å². The van der Waals surface area contributed by atoms with Crippen LogP contribution >= 0.6 is 0 Å². The number of aromatic nitrogens is 2. The van der Waals surface area contributed by atoms with Crippen LogP contribution in [0.1, 0.15) is 11.4 Å². The molecule has 0 aliphatic carbocycles. The van der Waals surface area contributed by atoms with Gasteiger partial charge in [0.05, 0.1) is 19.7 Å². The van der Waals surface area contributed by atoms with Crippen molar-refractivity contribution in [3.8, 4) is 11.5 Å². The average molecular weight is 337 g/mol. The largest absolute Gasteiger partial charge is 0.493 e. The zero-order valence-electron chi connectivity index (χ0n) is 14.1. The molecule has 0 spiro atoms. The molecule has 0 fully saturated rings. The van der Waals surface area contributed by atoms with Gasteiger partial charge in [0.2, 0.25) is 0 Å². The van der Waals surface area contributed by atoms with E-state index in [1.165, 1.54) is 0 Å². The molecule has 7 nitrogen and oxygen atoms in total. The van der Waals surface area contributed by atoms with Crippen molar-refractivity contribution in [2.45, 2.75) is 6.42 Å². The van der Waals surface area contributed by atoms with Crippen molar-refractivity contribution >= 4 is 22.7 Å². The minimum absolute atomic E-state index is 0.0408. The van der Waals surface area contributed by atoms with Crippen molar-refractivity contribution in [2.24, 2.45) is 16.5 Å². The van der Waals surface area contributed by atoms with Crippen LogP contribution < -0.4 is 20.9 Å². The predicted octanol–water partition coefficient (Wildman–Crippen LogP) is 2.14. The van der Waals surface area contributed by atoms with Gasteiger partial charge < -0.3 is 20.9 Å². The first-order valence-corrected chi connectivity index (χ1v) is 7.67. The molecule has 1 heterocycles. The van der Waals surface area contributed by atoms with Gasteiger partial charge in [-0.05, 0) is 29.8 Å². The number of para-hydroxylation sites is 1. The minimum atomic E-state index is -0.0408. The van der Waals surface area contributed by atoms with Crippen molar-refractivity contribution < 1.29 is 9.47 Å². The maximum Gasteiger partial charge on any atom is 0.192 e. The molecule has 1 aromatic heterocycles. The van der Waals surface area contributed by atoms with Gasteiger partial charge in [-0.2, -0.15) is 4.99 Å². The maximum atomic E-state index is 5.52. The number of ether oxygens (including phenoxy) is 2. The van der Waals surface area contributed by atoms with Crippen molar-refractivity contribution in [3.05, 3.63) is 53.9 Å². The predicted molar refractivity (Wildman–Crippen MR) is 97.4 cm³/mol. The lowest BCUT2D eigenvalue weighted by Crippen LogP contribution is -2.22. The Hall–Kier alpha value is -3.35. The van der Waals surface area contributed by atoms with Gasteiger partial charge in [-0.25, -0.2) is 9.97 Å². The summed E-state index contributed by atoms with van der Waals surface area (Å²) in [6.45, 7) is 0. The molecule has 0 aliphatic heterocycles. The van der Waals surface area contributed by atoms with Crippen molar-refractivity contribution in [3.63, 3.8) is 0 Å². The Morgan fingerprint density at radius 3 is 2.48 bits per heavy atom. The van der Waals surface area contributed by atoms with Crippen molar-refractivity contribution in [2.75, 3.05) is 14.2 Å². The molecule has 0 radical (unpaired) electrons. The SMILES string of the molecule is COc1ccc(Cc2nc(N=C(N)N)c3ccccc3n2)cc1OC. The molecule has 2 aromatic carbocycles. The van der Waals surface area contributed by atoms with Crippen LogP contribution in [0.5, 0.6) is 11.5 Å². The normalized spacial score (nSPS) is 10.5. The average Bonchev–Trinajstić information content (AvgIpc) is 2.61. The number of nitrogens with two attached hydrogens (primary N) is 2. The quantitative estimate of drug-likeness (QED) is 0.545. The summed E-state index contributed by atoms with van der Waals surface area (Å²) < 4.78 is 10.6. The smallest absolute Gasteiger partial charge is 0.192 e. The summed E-state index contributed by atoms with van der Waals surface area (Å²) in [5.74, 6) is 2.37. The lowest BCUT2D eigenvalue weighted by Gasteiger charge is -2.10. The van der Waals surface area contributed by atoms with E-state index < -0.39 is 0 Å². The number of guanidine groups is 1. The molecular weight excluding hydrogens is 318 g/mol. The molecule has 0 saturated carbocycles. The van der Waals surface area contributed by atoms with E-state index in [0.717, 1.165) is 16.5 Å². The van der Waals surface area contributed by atoms with E-state index in [4.69, 9.17) is 20.9 Å². The Labute approximate surface area is 145 Å². The number of fused-ring (bicyclic) bond motifs is 1. The van der Waals surface area contributed by atoms with E-state index in [0.29, 0.717) is 29.6 Å². The van der Waals surface area contributed by atoms with Gasteiger partial charge in [-0.15, -0.1) is 0 Å². The maximum absolute atomic E-state index is 5.52. The molecule has 0 atom stereocenters. The second kappa shape index (κ2) is 7.04. The minimum Gasteiger partial charge on any atom is -0.493 e. The molecule has 7 heteroatoms. The van der Waals surface area contributed by atoms with Crippen LogP contribution in [0.15, 0.2) is 47.5 Å². The van der Waals surface area contributed by atoms with Crippen LogP contribution in [0, 0.1) is 0 Å². The number of aliphatic imine (C=N–C) groups is 1. The summed E-state index contributed by atoms with van der Waals surface area (Å²) in [5, 5.41) is 0.798. The Balaban J connectivity index is 2.03. The van der Waals surface area contributed by atoms with Gasteiger partial charge in [0.25, 0.3) is 0 Å². The fraction of sp³-hybridized carbons (Fsp3) is 0.167. The standard InChI is InChI=1S/C18H19N5O2/c1-24-14-8-7-11(9-15(14)25-2)10-16-21-13-6-4-3-5-12(13)17(22-16)23-18(19)20/h3-9H,10H2,1-2H3,(H4,19,20,21,22,23). The summed E-state index contributed by atoms with van der Waals surface area (Å²) in [6.07, 6.45) is 0.512. The molecule has 3 rings (SSSR count). The molecule has 0 amide bonds. The molecule has 0 saturated heterocycles. The van der Waals surface area contributed by atoms with Crippen LogP contribution in [-0.4, -0.2) is 30.1 Å². The van der Waals surface area contributed by atoms with Gasteiger partial charge in [-0.3, -0.25) is 0 Å². The number of benzene rings is 2. The second-order valence-corrected chi connectivity index (χ2v) is 5.38. The van der Waals surface area contributed by atoms with Crippen LogP contribution in [0.2, 0.25) is 0 Å². The summed E-state index contributed by atoms with van der Waals surface area (Å²) in [4.78, 5) is 13.2.